The predicted molar refractivity (Wildman–Crippen MR) is 88.0 cm³/mol. The molecule has 1 aliphatic heterocycles. The summed E-state index contributed by atoms with van der Waals surface area (Å²) in [5, 5.41) is 27.2. The molecule has 0 saturated heterocycles. The van der Waals surface area contributed by atoms with E-state index < -0.39 is 6.23 Å². The SMILES string of the molecule is CNC(O)c1ccc(-n2ncc(C3C=C(OC)N=CC3)c2O)nc1. The standard InChI is InChI=1S/C16H19N5O3/c1-17-15(22)11-3-4-13(19-8-11)21-16(23)12(9-20-21)10-5-6-18-14(7-10)24-2/h3-4,6-10,15,17,22-23H,5H2,1-2H3. The molecule has 0 spiro atoms. The highest BCUT2D eigenvalue weighted by Crippen LogP contribution is 2.32. The van der Waals surface area contributed by atoms with Crippen molar-refractivity contribution >= 4 is 6.21 Å². The average Bonchev–Trinajstić information content (AvgIpc) is 3.02. The van der Waals surface area contributed by atoms with Crippen molar-refractivity contribution < 1.29 is 14.9 Å². The fourth-order valence-corrected chi connectivity index (χ4v) is 2.51. The molecular formula is C16H19N5O3. The van der Waals surface area contributed by atoms with E-state index in [1.807, 2.05) is 6.08 Å². The number of ether oxygens (including phenoxy) is 1. The quantitative estimate of drug-likeness (QED) is 0.713. The van der Waals surface area contributed by atoms with Gasteiger partial charge in [-0.2, -0.15) is 9.78 Å². The Labute approximate surface area is 139 Å². The Morgan fingerprint density at radius 1 is 1.38 bits per heavy atom. The summed E-state index contributed by atoms with van der Waals surface area (Å²) in [6.45, 7) is 0. The fourth-order valence-electron chi connectivity index (χ4n) is 2.51. The summed E-state index contributed by atoms with van der Waals surface area (Å²) in [4.78, 5) is 8.36. The Hall–Kier alpha value is -2.71. The Bertz CT molecular complexity index is 767. The maximum Gasteiger partial charge on any atom is 0.219 e. The van der Waals surface area contributed by atoms with Gasteiger partial charge < -0.3 is 14.9 Å². The van der Waals surface area contributed by atoms with Crippen molar-refractivity contribution in [3.8, 4) is 11.7 Å². The summed E-state index contributed by atoms with van der Waals surface area (Å²) in [5.74, 6) is 0.946. The number of hydrogen-bond donors (Lipinski definition) is 3. The van der Waals surface area contributed by atoms with Crippen molar-refractivity contribution in [2.45, 2.75) is 18.6 Å². The molecule has 0 aromatic carbocycles. The second kappa shape index (κ2) is 6.81. The zero-order chi connectivity index (χ0) is 17.1. The molecule has 0 bridgehead atoms. The van der Waals surface area contributed by atoms with Gasteiger partial charge in [0.25, 0.3) is 0 Å². The molecule has 2 aromatic rings. The Morgan fingerprint density at radius 3 is 2.88 bits per heavy atom. The Balaban J connectivity index is 1.88. The molecule has 0 radical (unpaired) electrons. The maximum atomic E-state index is 10.5. The first-order valence-electron chi connectivity index (χ1n) is 7.51. The minimum absolute atomic E-state index is 0.0245. The molecular weight excluding hydrogens is 310 g/mol. The van der Waals surface area contributed by atoms with Crippen LogP contribution in [0.4, 0.5) is 0 Å². The first-order chi connectivity index (χ1) is 11.6. The number of hydrogen-bond acceptors (Lipinski definition) is 7. The van der Waals surface area contributed by atoms with Crippen molar-refractivity contribution in [1.29, 1.82) is 0 Å². The first kappa shape index (κ1) is 16.2. The van der Waals surface area contributed by atoms with Gasteiger partial charge in [0.1, 0.15) is 6.23 Å². The summed E-state index contributed by atoms with van der Waals surface area (Å²) in [6, 6.07) is 3.41. The second-order valence-electron chi connectivity index (χ2n) is 5.34. The van der Waals surface area contributed by atoms with Gasteiger partial charge in [-0.15, -0.1) is 0 Å². The molecule has 24 heavy (non-hydrogen) atoms. The molecule has 3 rings (SSSR count). The van der Waals surface area contributed by atoms with Crippen LogP contribution in [0.3, 0.4) is 0 Å². The maximum absolute atomic E-state index is 10.5. The van der Waals surface area contributed by atoms with E-state index in [4.69, 9.17) is 4.74 Å². The van der Waals surface area contributed by atoms with Crippen LogP contribution >= 0.6 is 0 Å². The van der Waals surface area contributed by atoms with E-state index in [0.717, 1.165) is 0 Å². The van der Waals surface area contributed by atoms with Gasteiger partial charge in [-0.3, -0.25) is 5.32 Å². The molecule has 126 valence electrons. The molecule has 0 saturated carbocycles. The third-order valence-electron chi connectivity index (χ3n) is 3.88. The number of nitrogens with zero attached hydrogens (tertiary/aromatic N) is 4. The molecule has 2 atom stereocenters. The lowest BCUT2D eigenvalue weighted by molar-refractivity contribution is 0.149. The first-order valence-corrected chi connectivity index (χ1v) is 7.51. The number of nitrogens with one attached hydrogen (secondary N) is 1. The number of aromatic nitrogens is 3. The van der Waals surface area contributed by atoms with Gasteiger partial charge in [0.15, 0.2) is 5.82 Å². The van der Waals surface area contributed by atoms with E-state index in [0.29, 0.717) is 29.2 Å². The summed E-state index contributed by atoms with van der Waals surface area (Å²) < 4.78 is 6.49. The Morgan fingerprint density at radius 2 is 2.21 bits per heavy atom. The smallest absolute Gasteiger partial charge is 0.219 e. The largest absolute Gasteiger partial charge is 0.493 e. The van der Waals surface area contributed by atoms with Crippen LogP contribution in [0.1, 0.15) is 29.7 Å². The lowest BCUT2D eigenvalue weighted by Gasteiger charge is -2.14. The molecule has 2 aromatic heterocycles. The molecule has 0 aliphatic carbocycles. The van der Waals surface area contributed by atoms with Crippen molar-refractivity contribution in [3.63, 3.8) is 0 Å². The number of aliphatic imine (C=N–C) groups is 1. The third kappa shape index (κ3) is 3.01. The molecule has 8 heteroatoms. The summed E-state index contributed by atoms with van der Waals surface area (Å²) in [7, 11) is 3.21. The highest BCUT2D eigenvalue weighted by molar-refractivity contribution is 5.63. The van der Waals surface area contributed by atoms with E-state index >= 15 is 0 Å². The van der Waals surface area contributed by atoms with E-state index in [9.17, 15) is 10.2 Å². The van der Waals surface area contributed by atoms with Crippen LogP contribution in [0.15, 0.2) is 41.5 Å². The van der Waals surface area contributed by atoms with Crippen LogP contribution in [0.25, 0.3) is 5.82 Å². The monoisotopic (exact) mass is 329 g/mol. The average molecular weight is 329 g/mol. The van der Waals surface area contributed by atoms with Crippen molar-refractivity contribution in [3.05, 3.63) is 47.6 Å². The highest BCUT2D eigenvalue weighted by Gasteiger charge is 2.21. The molecule has 0 amide bonds. The molecule has 1 aliphatic rings. The second-order valence-corrected chi connectivity index (χ2v) is 5.34. The van der Waals surface area contributed by atoms with Crippen molar-refractivity contribution in [1.82, 2.24) is 20.1 Å². The number of rotatable bonds is 5. The van der Waals surface area contributed by atoms with E-state index in [1.54, 1.807) is 38.7 Å². The highest BCUT2D eigenvalue weighted by atomic mass is 16.5. The normalized spacial score (nSPS) is 18.3. The van der Waals surface area contributed by atoms with Crippen LogP contribution in [0.2, 0.25) is 0 Å². The van der Waals surface area contributed by atoms with Gasteiger partial charge in [-0.1, -0.05) is 0 Å². The molecule has 3 N–H and O–H groups in total. The number of aliphatic hydroxyl groups is 1. The number of methoxy groups -OCH3 is 1. The van der Waals surface area contributed by atoms with E-state index in [1.165, 1.54) is 10.9 Å². The number of aromatic hydroxyl groups is 1. The van der Waals surface area contributed by atoms with Gasteiger partial charge in [0.2, 0.25) is 11.8 Å². The minimum atomic E-state index is -0.785. The number of allylic oxidation sites excluding steroid dienone is 1. The summed E-state index contributed by atoms with van der Waals surface area (Å²) >= 11 is 0. The third-order valence-corrected chi connectivity index (χ3v) is 3.88. The number of pyridine rings is 1. The van der Waals surface area contributed by atoms with Gasteiger partial charge >= 0.3 is 0 Å². The van der Waals surface area contributed by atoms with E-state index in [2.05, 4.69) is 20.4 Å². The van der Waals surface area contributed by atoms with Crippen molar-refractivity contribution in [2.75, 3.05) is 14.2 Å². The fraction of sp³-hybridized carbons (Fsp3) is 0.312. The lowest BCUT2D eigenvalue weighted by atomic mass is 9.97. The summed E-state index contributed by atoms with van der Waals surface area (Å²) in [5.41, 5.74) is 1.31. The van der Waals surface area contributed by atoms with E-state index in [-0.39, 0.29) is 11.8 Å². The zero-order valence-corrected chi connectivity index (χ0v) is 13.4. The van der Waals surface area contributed by atoms with Gasteiger partial charge in [0, 0.05) is 29.5 Å². The lowest BCUT2D eigenvalue weighted by Crippen LogP contribution is -2.15. The molecule has 2 unspecified atom stereocenters. The Kier molecular flexibility index (Phi) is 4.59. The minimum Gasteiger partial charge on any atom is -0.493 e. The topological polar surface area (TPSA) is 105 Å². The van der Waals surface area contributed by atoms with Crippen LogP contribution in [0, 0.1) is 0 Å². The van der Waals surface area contributed by atoms with Gasteiger partial charge in [0.05, 0.1) is 13.3 Å². The van der Waals surface area contributed by atoms with Crippen LogP contribution in [-0.4, -0.2) is 45.3 Å². The predicted octanol–water partition coefficient (Wildman–Crippen LogP) is 1.23. The van der Waals surface area contributed by atoms with Gasteiger partial charge in [-0.05, 0) is 31.7 Å². The van der Waals surface area contributed by atoms with Crippen LogP contribution < -0.4 is 5.32 Å². The molecule has 0 fully saturated rings. The van der Waals surface area contributed by atoms with Gasteiger partial charge in [-0.25, -0.2) is 9.98 Å². The zero-order valence-electron chi connectivity index (χ0n) is 13.4. The van der Waals surface area contributed by atoms with Crippen LogP contribution in [0.5, 0.6) is 5.88 Å². The molecule has 8 nitrogen and oxygen atoms in total. The number of aliphatic hydroxyl groups excluding tert-OH is 1. The van der Waals surface area contributed by atoms with Crippen LogP contribution in [-0.2, 0) is 4.74 Å². The molecule has 3 heterocycles. The van der Waals surface area contributed by atoms with Crippen molar-refractivity contribution in [2.24, 2.45) is 4.99 Å². The summed E-state index contributed by atoms with van der Waals surface area (Å²) in [6.07, 6.45) is 6.63.